The molecule has 1 aromatic carbocycles. The summed E-state index contributed by atoms with van der Waals surface area (Å²) in [6, 6.07) is 6.31. The molecule has 3 rings (SSSR count). The number of nitro benzene ring substituents is 1. The van der Waals surface area contributed by atoms with Gasteiger partial charge in [0.1, 0.15) is 0 Å². The summed E-state index contributed by atoms with van der Waals surface area (Å²) in [4.78, 5) is 16.7. The first-order valence-corrected chi connectivity index (χ1v) is 8.09. The lowest BCUT2D eigenvalue weighted by molar-refractivity contribution is -0.384. The molecule has 2 aromatic rings. The molecule has 0 radical (unpaired) electrons. The van der Waals surface area contributed by atoms with Crippen LogP contribution in [0.1, 0.15) is 18.7 Å². The van der Waals surface area contributed by atoms with Gasteiger partial charge in [-0.3, -0.25) is 10.1 Å². The van der Waals surface area contributed by atoms with Crippen molar-refractivity contribution in [1.29, 1.82) is 0 Å². The zero-order valence-corrected chi connectivity index (χ0v) is 13.6. The van der Waals surface area contributed by atoms with Crippen LogP contribution in [0, 0.1) is 16.0 Å². The van der Waals surface area contributed by atoms with Crippen molar-refractivity contribution in [2.24, 2.45) is 5.92 Å². The van der Waals surface area contributed by atoms with Crippen LogP contribution in [0.3, 0.4) is 0 Å². The number of nitro groups is 1. The van der Waals surface area contributed by atoms with E-state index in [-0.39, 0.29) is 11.8 Å². The number of hydrogen-bond acceptors (Lipinski definition) is 6. The topological polar surface area (TPSA) is 92.6 Å². The molecule has 1 fully saturated rings. The van der Waals surface area contributed by atoms with E-state index in [4.69, 9.17) is 4.42 Å². The third-order valence-corrected chi connectivity index (χ3v) is 4.27. The maximum atomic E-state index is 10.8. The van der Waals surface area contributed by atoms with Gasteiger partial charge < -0.3 is 14.4 Å². The summed E-state index contributed by atoms with van der Waals surface area (Å²) in [7, 11) is 1.97. The van der Waals surface area contributed by atoms with Crippen LogP contribution < -0.4 is 0 Å². The monoisotopic (exact) mass is 331 g/mol. The third kappa shape index (κ3) is 4.18. The van der Waals surface area contributed by atoms with Crippen LogP contribution in [0.15, 0.2) is 34.9 Å². The Morgan fingerprint density at radius 3 is 3.00 bits per heavy atom. The molecule has 7 heteroatoms. The molecule has 1 N–H and O–H groups in total. The number of aliphatic hydroxyl groups is 1. The summed E-state index contributed by atoms with van der Waals surface area (Å²) >= 11 is 0. The van der Waals surface area contributed by atoms with Crippen molar-refractivity contribution in [3.8, 4) is 11.3 Å². The van der Waals surface area contributed by atoms with Crippen molar-refractivity contribution in [2.45, 2.75) is 25.4 Å². The van der Waals surface area contributed by atoms with E-state index in [0.717, 1.165) is 19.4 Å². The highest BCUT2D eigenvalue weighted by atomic mass is 16.6. The molecule has 1 unspecified atom stereocenters. The minimum atomic E-state index is -0.430. The summed E-state index contributed by atoms with van der Waals surface area (Å²) in [5.74, 6) is 1.58. The fourth-order valence-electron chi connectivity index (χ4n) is 2.66. The Hall–Kier alpha value is -2.25. The van der Waals surface area contributed by atoms with Gasteiger partial charge in [-0.05, 0) is 25.8 Å². The zero-order valence-electron chi connectivity index (χ0n) is 13.6. The van der Waals surface area contributed by atoms with Crippen LogP contribution in [0.5, 0.6) is 0 Å². The molecule has 0 spiro atoms. The van der Waals surface area contributed by atoms with Gasteiger partial charge in [-0.1, -0.05) is 12.1 Å². The first-order chi connectivity index (χ1) is 11.5. The smallest absolute Gasteiger partial charge is 0.270 e. The lowest BCUT2D eigenvalue weighted by Crippen LogP contribution is -2.31. The summed E-state index contributed by atoms with van der Waals surface area (Å²) in [5.41, 5.74) is 0.666. The number of aliphatic hydroxyl groups excluding tert-OH is 1. The number of aromatic nitrogens is 1. The van der Waals surface area contributed by atoms with E-state index in [0.29, 0.717) is 36.1 Å². The minimum Gasteiger partial charge on any atom is -0.441 e. The van der Waals surface area contributed by atoms with Crippen LogP contribution in [-0.2, 0) is 6.42 Å². The van der Waals surface area contributed by atoms with E-state index in [1.807, 2.05) is 7.05 Å². The lowest BCUT2D eigenvalue weighted by atomic mass is 10.2. The van der Waals surface area contributed by atoms with Crippen LogP contribution in [0.25, 0.3) is 11.3 Å². The maximum absolute atomic E-state index is 10.8. The number of hydrogen-bond donors (Lipinski definition) is 1. The van der Waals surface area contributed by atoms with Gasteiger partial charge in [0.15, 0.2) is 11.7 Å². The van der Waals surface area contributed by atoms with Gasteiger partial charge in [-0.15, -0.1) is 0 Å². The van der Waals surface area contributed by atoms with Crippen molar-refractivity contribution in [3.63, 3.8) is 0 Å². The number of non-ortho nitro benzene ring substituents is 1. The standard InChI is InChI=1S/C17H21N3O4/c1-19(11-15(21)12-5-6-12)8-7-17-18-10-16(24-17)13-3-2-4-14(9-13)20(22)23/h2-4,9-10,12,15,21H,5-8,11H2,1H3. The van der Waals surface area contributed by atoms with Crippen molar-refractivity contribution < 1.29 is 14.4 Å². The highest BCUT2D eigenvalue weighted by Crippen LogP contribution is 2.32. The second-order valence-corrected chi connectivity index (χ2v) is 6.34. The quantitative estimate of drug-likeness (QED) is 0.590. The summed E-state index contributed by atoms with van der Waals surface area (Å²) in [6.45, 7) is 1.39. The maximum Gasteiger partial charge on any atom is 0.270 e. The van der Waals surface area contributed by atoms with E-state index >= 15 is 0 Å². The molecule has 1 aliphatic rings. The minimum absolute atomic E-state index is 0.0271. The molecule has 24 heavy (non-hydrogen) atoms. The molecule has 0 amide bonds. The van der Waals surface area contributed by atoms with Gasteiger partial charge in [-0.25, -0.2) is 4.98 Å². The van der Waals surface area contributed by atoms with E-state index in [1.165, 1.54) is 12.1 Å². The average Bonchev–Trinajstić information content (AvgIpc) is 3.31. The van der Waals surface area contributed by atoms with E-state index in [2.05, 4.69) is 9.88 Å². The largest absolute Gasteiger partial charge is 0.441 e. The number of likely N-dealkylation sites (N-methyl/N-ethyl adjacent to an activating group) is 1. The van der Waals surface area contributed by atoms with Gasteiger partial charge >= 0.3 is 0 Å². The van der Waals surface area contributed by atoms with Gasteiger partial charge in [0.2, 0.25) is 0 Å². The van der Waals surface area contributed by atoms with Crippen molar-refractivity contribution in [2.75, 3.05) is 20.1 Å². The Morgan fingerprint density at radius 1 is 1.50 bits per heavy atom. The average molecular weight is 331 g/mol. The summed E-state index contributed by atoms with van der Waals surface area (Å²) in [5, 5.41) is 20.8. The summed E-state index contributed by atoms with van der Waals surface area (Å²) < 4.78 is 5.70. The molecule has 0 aliphatic heterocycles. The number of oxazole rings is 1. The van der Waals surface area contributed by atoms with Gasteiger partial charge in [0, 0.05) is 37.2 Å². The van der Waals surface area contributed by atoms with E-state index in [1.54, 1.807) is 18.3 Å². The first kappa shape index (κ1) is 16.6. The fourth-order valence-corrected chi connectivity index (χ4v) is 2.66. The van der Waals surface area contributed by atoms with Crippen molar-refractivity contribution in [1.82, 2.24) is 9.88 Å². The predicted octanol–water partition coefficient (Wildman–Crippen LogP) is 2.50. The molecular weight excluding hydrogens is 310 g/mol. The van der Waals surface area contributed by atoms with Crippen molar-refractivity contribution in [3.05, 3.63) is 46.5 Å². The van der Waals surface area contributed by atoms with Crippen molar-refractivity contribution >= 4 is 5.69 Å². The Morgan fingerprint density at radius 2 is 2.29 bits per heavy atom. The van der Waals surface area contributed by atoms with Gasteiger partial charge in [0.25, 0.3) is 5.69 Å². The van der Waals surface area contributed by atoms with Crippen LogP contribution in [0.2, 0.25) is 0 Å². The zero-order chi connectivity index (χ0) is 17.1. The van der Waals surface area contributed by atoms with Crippen LogP contribution in [-0.4, -0.2) is 46.2 Å². The Bertz CT molecular complexity index is 711. The molecule has 128 valence electrons. The number of rotatable bonds is 8. The Balaban J connectivity index is 1.57. The molecule has 0 saturated heterocycles. The fraction of sp³-hybridized carbons (Fsp3) is 0.471. The molecule has 1 atom stereocenters. The molecule has 1 aromatic heterocycles. The molecule has 0 bridgehead atoms. The summed E-state index contributed by atoms with van der Waals surface area (Å²) in [6.07, 6.45) is 4.22. The predicted molar refractivity (Wildman–Crippen MR) is 88.5 cm³/mol. The molecule has 1 heterocycles. The second kappa shape index (κ2) is 7.11. The van der Waals surface area contributed by atoms with E-state index < -0.39 is 4.92 Å². The molecule has 7 nitrogen and oxygen atoms in total. The molecule has 1 saturated carbocycles. The second-order valence-electron chi connectivity index (χ2n) is 6.34. The van der Waals surface area contributed by atoms with Gasteiger partial charge in [-0.2, -0.15) is 0 Å². The molecular formula is C17H21N3O4. The van der Waals surface area contributed by atoms with Gasteiger partial charge in [0.05, 0.1) is 17.2 Å². The Kier molecular flexibility index (Phi) is 4.92. The normalized spacial score (nSPS) is 15.6. The number of nitrogens with zero attached hydrogens (tertiary/aromatic N) is 3. The third-order valence-electron chi connectivity index (χ3n) is 4.27. The van der Waals surface area contributed by atoms with Crippen LogP contribution >= 0.6 is 0 Å². The SMILES string of the molecule is CN(CCc1ncc(-c2cccc([N+](=O)[O-])c2)o1)CC(O)C1CC1. The van der Waals surface area contributed by atoms with Crippen LogP contribution in [0.4, 0.5) is 5.69 Å². The highest BCUT2D eigenvalue weighted by molar-refractivity contribution is 5.60. The number of benzene rings is 1. The highest BCUT2D eigenvalue weighted by Gasteiger charge is 2.30. The Labute approximate surface area is 140 Å². The molecule has 1 aliphatic carbocycles. The van der Waals surface area contributed by atoms with E-state index in [9.17, 15) is 15.2 Å². The lowest BCUT2D eigenvalue weighted by Gasteiger charge is -2.19. The first-order valence-electron chi connectivity index (χ1n) is 8.09.